The summed E-state index contributed by atoms with van der Waals surface area (Å²) in [5.74, 6) is 0.859. The zero-order valence-electron chi connectivity index (χ0n) is 15.6. The number of benzene rings is 1. The van der Waals surface area contributed by atoms with Gasteiger partial charge >= 0.3 is 0 Å². The summed E-state index contributed by atoms with van der Waals surface area (Å²) in [6, 6.07) is 11.7. The second-order valence-electron chi connectivity index (χ2n) is 7.05. The van der Waals surface area contributed by atoms with Crippen LogP contribution in [0.5, 0.6) is 0 Å². The van der Waals surface area contributed by atoms with E-state index in [-0.39, 0.29) is 11.9 Å². The van der Waals surface area contributed by atoms with Crippen LogP contribution in [-0.2, 0) is 4.79 Å². The lowest BCUT2D eigenvalue weighted by atomic mass is 10.0. The van der Waals surface area contributed by atoms with Crippen LogP contribution in [0.25, 0.3) is 16.9 Å². The van der Waals surface area contributed by atoms with Crippen LogP contribution >= 0.6 is 0 Å². The average molecular weight is 363 g/mol. The molecule has 1 N–H and O–H groups in total. The Kier molecular flexibility index (Phi) is 5.16. The van der Waals surface area contributed by atoms with Crippen LogP contribution < -0.4 is 5.32 Å². The Bertz CT molecular complexity index is 916. The molecule has 1 aromatic carbocycles. The van der Waals surface area contributed by atoms with Crippen molar-refractivity contribution in [3.63, 3.8) is 0 Å². The molecule has 0 radical (unpaired) electrons. The Morgan fingerprint density at radius 1 is 1.19 bits per heavy atom. The summed E-state index contributed by atoms with van der Waals surface area (Å²) < 4.78 is 1.95. The van der Waals surface area contributed by atoms with E-state index in [1.54, 1.807) is 12.5 Å². The van der Waals surface area contributed by atoms with Crippen molar-refractivity contribution >= 4 is 22.6 Å². The number of likely N-dealkylation sites (tertiary alicyclic amines) is 1. The molecule has 0 spiro atoms. The number of hydrogen-bond donors (Lipinski definition) is 1. The van der Waals surface area contributed by atoms with Crippen molar-refractivity contribution in [3.8, 4) is 5.82 Å². The predicted octanol–water partition coefficient (Wildman–Crippen LogP) is 3.62. The fourth-order valence-electron chi connectivity index (χ4n) is 3.81. The maximum absolute atomic E-state index is 12.7. The van der Waals surface area contributed by atoms with E-state index in [1.165, 1.54) is 6.42 Å². The molecular formula is C21H25N5O. The number of anilines is 1. The molecule has 140 valence electrons. The number of carbonyl (C=O) groups is 1. The van der Waals surface area contributed by atoms with Gasteiger partial charge in [-0.3, -0.25) is 14.3 Å². The SMILES string of the molecule is CCCN1CCCCC1C(=O)Nc1ccc(-n2cnc3ccccc32)nc1. The first kappa shape index (κ1) is 17.7. The molecule has 6 heteroatoms. The lowest BCUT2D eigenvalue weighted by Gasteiger charge is -2.34. The van der Waals surface area contributed by atoms with Crippen molar-refractivity contribution < 1.29 is 4.79 Å². The molecule has 2 aromatic heterocycles. The van der Waals surface area contributed by atoms with E-state index in [4.69, 9.17) is 0 Å². The number of nitrogens with zero attached hydrogens (tertiary/aromatic N) is 4. The maximum atomic E-state index is 12.7. The fraction of sp³-hybridized carbons (Fsp3) is 0.381. The molecule has 0 aliphatic carbocycles. The molecule has 1 amide bonds. The van der Waals surface area contributed by atoms with Crippen LogP contribution in [0.15, 0.2) is 48.9 Å². The van der Waals surface area contributed by atoms with E-state index in [0.717, 1.165) is 54.9 Å². The van der Waals surface area contributed by atoms with Gasteiger partial charge in [-0.15, -0.1) is 0 Å². The smallest absolute Gasteiger partial charge is 0.241 e. The number of carbonyl (C=O) groups excluding carboxylic acids is 1. The van der Waals surface area contributed by atoms with Crippen molar-refractivity contribution in [3.05, 3.63) is 48.9 Å². The number of para-hydroxylation sites is 2. The zero-order chi connectivity index (χ0) is 18.6. The zero-order valence-corrected chi connectivity index (χ0v) is 15.6. The van der Waals surface area contributed by atoms with Gasteiger partial charge in [0, 0.05) is 0 Å². The van der Waals surface area contributed by atoms with Gasteiger partial charge in [0.25, 0.3) is 0 Å². The Labute approximate surface area is 159 Å². The van der Waals surface area contributed by atoms with E-state index in [1.807, 2.05) is 41.0 Å². The summed E-state index contributed by atoms with van der Waals surface area (Å²) in [7, 11) is 0. The number of aromatic nitrogens is 3. The summed E-state index contributed by atoms with van der Waals surface area (Å²) in [6.07, 6.45) is 7.78. The second kappa shape index (κ2) is 7.88. The molecule has 6 nitrogen and oxygen atoms in total. The first-order valence-electron chi connectivity index (χ1n) is 9.69. The van der Waals surface area contributed by atoms with Crippen molar-refractivity contribution in [2.24, 2.45) is 0 Å². The molecule has 1 aliphatic rings. The summed E-state index contributed by atoms with van der Waals surface area (Å²) >= 11 is 0. The van der Waals surface area contributed by atoms with E-state index in [2.05, 4.69) is 27.1 Å². The van der Waals surface area contributed by atoms with Gasteiger partial charge in [0.15, 0.2) is 0 Å². The summed E-state index contributed by atoms with van der Waals surface area (Å²) in [5.41, 5.74) is 2.68. The first-order valence-corrected chi connectivity index (χ1v) is 9.69. The highest BCUT2D eigenvalue weighted by molar-refractivity contribution is 5.94. The quantitative estimate of drug-likeness (QED) is 0.752. The minimum atomic E-state index is -0.0315. The van der Waals surface area contributed by atoms with Gasteiger partial charge in [0.05, 0.1) is 29.0 Å². The molecule has 3 heterocycles. The molecule has 1 aliphatic heterocycles. The number of nitrogens with one attached hydrogen (secondary N) is 1. The number of rotatable bonds is 5. The van der Waals surface area contributed by atoms with Crippen molar-refractivity contribution in [2.45, 2.75) is 38.6 Å². The van der Waals surface area contributed by atoms with Crippen molar-refractivity contribution in [1.82, 2.24) is 19.4 Å². The lowest BCUT2D eigenvalue weighted by Crippen LogP contribution is -2.47. The molecule has 1 atom stereocenters. The average Bonchev–Trinajstić information content (AvgIpc) is 3.13. The maximum Gasteiger partial charge on any atom is 0.241 e. The number of amides is 1. The van der Waals surface area contributed by atoms with Crippen LogP contribution in [0.1, 0.15) is 32.6 Å². The van der Waals surface area contributed by atoms with Crippen LogP contribution in [0, 0.1) is 0 Å². The van der Waals surface area contributed by atoms with Gasteiger partial charge < -0.3 is 5.32 Å². The molecule has 3 aromatic rings. The van der Waals surface area contributed by atoms with Gasteiger partial charge in [-0.2, -0.15) is 0 Å². The Morgan fingerprint density at radius 2 is 2.07 bits per heavy atom. The van der Waals surface area contributed by atoms with E-state index < -0.39 is 0 Å². The van der Waals surface area contributed by atoms with E-state index in [9.17, 15) is 4.79 Å². The number of fused-ring (bicyclic) bond motifs is 1. The first-order chi connectivity index (χ1) is 13.3. The molecule has 1 saturated heterocycles. The largest absolute Gasteiger partial charge is 0.323 e. The molecule has 27 heavy (non-hydrogen) atoms. The van der Waals surface area contributed by atoms with Crippen LogP contribution in [-0.4, -0.2) is 44.5 Å². The molecule has 4 rings (SSSR count). The van der Waals surface area contributed by atoms with Crippen LogP contribution in [0.3, 0.4) is 0 Å². The molecule has 1 unspecified atom stereocenters. The summed E-state index contributed by atoms with van der Waals surface area (Å²) in [4.78, 5) is 24.0. The van der Waals surface area contributed by atoms with Crippen LogP contribution in [0.4, 0.5) is 5.69 Å². The number of piperidine rings is 1. The van der Waals surface area contributed by atoms with Gasteiger partial charge in [0.2, 0.25) is 5.91 Å². The normalized spacial score (nSPS) is 17.9. The van der Waals surface area contributed by atoms with Crippen molar-refractivity contribution in [1.29, 1.82) is 0 Å². The predicted molar refractivity (Wildman–Crippen MR) is 107 cm³/mol. The third kappa shape index (κ3) is 3.71. The highest BCUT2D eigenvalue weighted by Crippen LogP contribution is 2.20. The molecule has 0 saturated carbocycles. The topological polar surface area (TPSA) is 63.1 Å². The third-order valence-corrected chi connectivity index (χ3v) is 5.14. The minimum Gasteiger partial charge on any atom is -0.323 e. The molecular weight excluding hydrogens is 338 g/mol. The summed E-state index contributed by atoms with van der Waals surface area (Å²) in [6.45, 7) is 4.14. The van der Waals surface area contributed by atoms with Crippen molar-refractivity contribution in [2.75, 3.05) is 18.4 Å². The minimum absolute atomic E-state index is 0.0315. The standard InChI is InChI=1S/C21H25N5O/c1-2-12-25-13-6-5-9-19(25)21(27)24-16-10-11-20(22-14-16)26-15-23-17-7-3-4-8-18(17)26/h3-4,7-8,10-11,14-15,19H,2,5-6,9,12-13H2,1H3,(H,24,27). The van der Waals surface area contributed by atoms with Gasteiger partial charge in [-0.1, -0.05) is 25.5 Å². The van der Waals surface area contributed by atoms with E-state index >= 15 is 0 Å². The number of pyridine rings is 1. The van der Waals surface area contributed by atoms with Gasteiger partial charge in [0.1, 0.15) is 12.1 Å². The van der Waals surface area contributed by atoms with Crippen LogP contribution in [0.2, 0.25) is 0 Å². The van der Waals surface area contributed by atoms with Gasteiger partial charge in [-0.05, 0) is 56.6 Å². The van der Waals surface area contributed by atoms with E-state index in [0.29, 0.717) is 0 Å². The van der Waals surface area contributed by atoms with Gasteiger partial charge in [-0.25, -0.2) is 9.97 Å². The monoisotopic (exact) mass is 363 g/mol. The Hall–Kier alpha value is -2.73. The Balaban J connectivity index is 1.48. The summed E-state index contributed by atoms with van der Waals surface area (Å²) in [5, 5.41) is 3.04. The number of hydrogen-bond acceptors (Lipinski definition) is 4. The Morgan fingerprint density at radius 3 is 2.89 bits per heavy atom. The molecule has 1 fully saturated rings. The highest BCUT2D eigenvalue weighted by Gasteiger charge is 2.28. The second-order valence-corrected chi connectivity index (χ2v) is 7.05. The molecule has 0 bridgehead atoms. The fourth-order valence-corrected chi connectivity index (χ4v) is 3.81. The highest BCUT2D eigenvalue weighted by atomic mass is 16.2. The lowest BCUT2D eigenvalue weighted by molar-refractivity contribution is -0.122. The number of imidazole rings is 1. The third-order valence-electron chi connectivity index (χ3n) is 5.14.